The van der Waals surface area contributed by atoms with Gasteiger partial charge in [-0.2, -0.15) is 23.5 Å². The van der Waals surface area contributed by atoms with Crippen molar-refractivity contribution in [1.82, 2.24) is 0 Å². The van der Waals surface area contributed by atoms with Gasteiger partial charge in [0.05, 0.1) is 9.16 Å². The minimum Gasteiger partial charge on any atom is -0.461 e. The van der Waals surface area contributed by atoms with Gasteiger partial charge in [0.1, 0.15) is 13.2 Å². The van der Waals surface area contributed by atoms with Gasteiger partial charge in [-0.1, -0.05) is 37.4 Å². The fraction of sp³-hybridized carbons (Fsp3) is 0.538. The van der Waals surface area contributed by atoms with Crippen LogP contribution in [0.3, 0.4) is 0 Å². The second-order valence-corrected chi connectivity index (χ2v) is 16.5. The Hall–Kier alpha value is -0.260. The maximum absolute atomic E-state index is 11.2. The predicted octanol–water partition coefficient (Wildman–Crippen LogP) is 6.05. The lowest BCUT2D eigenvalue weighted by Gasteiger charge is -2.13. The molecule has 4 unspecified atom stereocenters. The second kappa shape index (κ2) is 17.4. The van der Waals surface area contributed by atoms with E-state index in [9.17, 15) is 9.59 Å². The highest BCUT2D eigenvalue weighted by Crippen LogP contribution is 2.40. The van der Waals surface area contributed by atoms with Gasteiger partial charge in [0.25, 0.3) is 0 Å². The van der Waals surface area contributed by atoms with Crippen molar-refractivity contribution < 1.29 is 19.1 Å². The van der Waals surface area contributed by atoms with Crippen molar-refractivity contribution in [3.8, 4) is 0 Å². The van der Waals surface area contributed by atoms with Crippen LogP contribution in [0.2, 0.25) is 0 Å². The van der Waals surface area contributed by atoms with Gasteiger partial charge >= 0.3 is 11.9 Å². The molecular weight excluding hydrogens is 569 g/mol. The average molecular weight is 603 g/mol. The molecule has 2 aliphatic rings. The third-order valence-corrected chi connectivity index (χ3v) is 14.9. The molecule has 1 aromatic rings. The molecule has 3 rings (SSSR count). The number of thioether (sulfide) groups is 6. The maximum Gasteiger partial charge on any atom is 0.330 e. The summed E-state index contributed by atoms with van der Waals surface area (Å²) >= 11 is 11.9. The zero-order chi connectivity index (χ0) is 25.6. The quantitative estimate of drug-likeness (QED) is 0.127. The number of aryl methyl sites for hydroxylation is 2. The van der Waals surface area contributed by atoms with Gasteiger partial charge in [0.2, 0.25) is 0 Å². The van der Waals surface area contributed by atoms with Gasteiger partial charge in [-0.05, 0) is 35.5 Å². The first-order valence-electron chi connectivity index (χ1n) is 11.9. The van der Waals surface area contributed by atoms with Gasteiger partial charge < -0.3 is 9.47 Å². The Morgan fingerprint density at radius 3 is 1.69 bits per heavy atom. The summed E-state index contributed by atoms with van der Waals surface area (Å²) in [5.41, 5.74) is 2.94. The lowest BCUT2D eigenvalue weighted by Crippen LogP contribution is -2.14. The molecule has 4 atom stereocenters. The lowest BCUT2D eigenvalue weighted by molar-refractivity contribution is -0.138. The van der Waals surface area contributed by atoms with Crippen molar-refractivity contribution in [3.05, 3.63) is 60.7 Å². The molecule has 0 spiro atoms. The summed E-state index contributed by atoms with van der Waals surface area (Å²) in [6.07, 6.45) is 4.67. The number of carbonyl (C=O) groups excluding carboxylic acids is 2. The Morgan fingerprint density at radius 2 is 1.28 bits per heavy atom. The molecule has 0 saturated carbocycles. The number of rotatable bonds is 16. The molecule has 2 saturated heterocycles. The summed E-state index contributed by atoms with van der Waals surface area (Å²) in [5.74, 6) is 5.95. The summed E-state index contributed by atoms with van der Waals surface area (Å²) in [6.45, 7) is 7.86. The molecule has 0 bridgehead atoms. The van der Waals surface area contributed by atoms with E-state index in [-0.39, 0.29) is 11.9 Å². The molecule has 4 nitrogen and oxygen atoms in total. The number of hydrogen-bond donors (Lipinski definition) is 0. The van der Waals surface area contributed by atoms with Gasteiger partial charge in [0, 0.05) is 45.7 Å². The predicted molar refractivity (Wildman–Crippen MR) is 166 cm³/mol. The molecule has 2 fully saturated rings. The van der Waals surface area contributed by atoms with Crippen LogP contribution < -0.4 is 0 Å². The largest absolute Gasteiger partial charge is 0.461 e. The van der Waals surface area contributed by atoms with Crippen LogP contribution in [-0.2, 0) is 31.9 Å². The fourth-order valence-corrected chi connectivity index (χ4v) is 12.9. The van der Waals surface area contributed by atoms with Crippen LogP contribution in [0.1, 0.15) is 11.1 Å². The Bertz CT molecular complexity index is 798. The first kappa shape index (κ1) is 30.3. The molecule has 0 radical (unpaired) electrons. The van der Waals surface area contributed by atoms with Crippen LogP contribution in [0.15, 0.2) is 49.6 Å². The second-order valence-electron chi connectivity index (χ2n) is 8.13. The van der Waals surface area contributed by atoms with Crippen molar-refractivity contribution in [3.63, 3.8) is 0 Å². The number of benzene rings is 1. The van der Waals surface area contributed by atoms with Crippen LogP contribution in [0.4, 0.5) is 0 Å². The molecule has 198 valence electrons. The van der Waals surface area contributed by atoms with E-state index in [0.717, 1.165) is 47.4 Å². The van der Waals surface area contributed by atoms with Gasteiger partial charge in [-0.15, -0.1) is 47.0 Å². The number of esters is 2. The van der Waals surface area contributed by atoms with Gasteiger partial charge in [-0.25, -0.2) is 9.59 Å². The number of ether oxygens (including phenoxy) is 2. The summed E-state index contributed by atoms with van der Waals surface area (Å²) in [4.78, 5) is 22.5. The minimum absolute atomic E-state index is 0.329. The molecule has 0 amide bonds. The molecule has 1 aromatic carbocycles. The maximum atomic E-state index is 11.2. The van der Waals surface area contributed by atoms with E-state index < -0.39 is 0 Å². The highest BCUT2D eigenvalue weighted by molar-refractivity contribution is 8.22. The minimum atomic E-state index is -0.329. The van der Waals surface area contributed by atoms with Crippen molar-refractivity contribution in [1.29, 1.82) is 0 Å². The first-order valence-corrected chi connectivity index (χ1v) is 18.2. The lowest BCUT2D eigenvalue weighted by atomic mass is 10.0. The fourth-order valence-electron chi connectivity index (χ4n) is 3.60. The van der Waals surface area contributed by atoms with E-state index in [0.29, 0.717) is 32.9 Å². The third kappa shape index (κ3) is 11.2. The van der Waals surface area contributed by atoms with Crippen molar-refractivity contribution in [2.75, 3.05) is 47.7 Å². The zero-order valence-electron chi connectivity index (χ0n) is 20.3. The van der Waals surface area contributed by atoms with Crippen LogP contribution in [0.5, 0.6) is 0 Å². The Kier molecular flexibility index (Phi) is 14.6. The summed E-state index contributed by atoms with van der Waals surface area (Å²) in [7, 11) is 0. The Balaban J connectivity index is 1.27. The highest BCUT2D eigenvalue weighted by atomic mass is 32.2. The van der Waals surface area contributed by atoms with Crippen molar-refractivity contribution >= 4 is 82.5 Å². The monoisotopic (exact) mass is 602 g/mol. The smallest absolute Gasteiger partial charge is 0.330 e. The average Bonchev–Trinajstić information content (AvgIpc) is 3.56. The molecule has 0 aliphatic carbocycles. The van der Waals surface area contributed by atoms with Gasteiger partial charge in [0.15, 0.2) is 0 Å². The van der Waals surface area contributed by atoms with Gasteiger partial charge in [-0.3, -0.25) is 0 Å². The van der Waals surface area contributed by atoms with Crippen molar-refractivity contribution in [2.45, 2.75) is 32.5 Å². The standard InChI is InChI=1S/C26H34O4S6/c1-3-23(27)29-13-21-15-33-25(35-21)17-31-11-9-19-7-5-6-8-20(19)10-12-32-18-26-34-16-22(36-26)14-30-24(28)4-2/h3-8,21-22,25-26H,1-2,9-18H2. The summed E-state index contributed by atoms with van der Waals surface area (Å²) in [5, 5.41) is 0.786. The van der Waals surface area contributed by atoms with E-state index in [1.807, 2.05) is 70.6 Å². The molecule has 36 heavy (non-hydrogen) atoms. The molecular formula is C26H34O4S6. The van der Waals surface area contributed by atoms with Crippen LogP contribution in [0, 0.1) is 0 Å². The number of carbonyl (C=O) groups is 2. The van der Waals surface area contributed by atoms with E-state index in [1.54, 1.807) is 0 Å². The molecule has 0 aromatic heterocycles. The summed E-state index contributed by atoms with van der Waals surface area (Å²) < 4.78 is 11.5. The van der Waals surface area contributed by atoms with E-state index in [1.165, 1.54) is 23.3 Å². The zero-order valence-corrected chi connectivity index (χ0v) is 25.2. The highest BCUT2D eigenvalue weighted by Gasteiger charge is 2.27. The Labute approximate surface area is 241 Å². The molecule has 0 N–H and O–H groups in total. The first-order chi connectivity index (χ1) is 17.6. The third-order valence-electron chi connectivity index (χ3n) is 5.44. The van der Waals surface area contributed by atoms with Crippen molar-refractivity contribution in [2.24, 2.45) is 0 Å². The van der Waals surface area contributed by atoms with E-state index in [4.69, 9.17) is 9.47 Å². The van der Waals surface area contributed by atoms with Crippen LogP contribution in [-0.4, -0.2) is 79.3 Å². The molecule has 2 heterocycles. The number of hydrogen-bond acceptors (Lipinski definition) is 10. The summed E-state index contributed by atoms with van der Waals surface area (Å²) in [6, 6.07) is 8.86. The topological polar surface area (TPSA) is 52.6 Å². The SMILES string of the molecule is C=CC(=O)OCC1CSC(CSCCc2ccccc2CCSCC2SCC(COC(=O)C=C)S2)S1. The van der Waals surface area contributed by atoms with Crippen LogP contribution in [0.25, 0.3) is 0 Å². The van der Waals surface area contributed by atoms with E-state index >= 15 is 0 Å². The molecule has 10 heteroatoms. The normalized spacial score (nSPS) is 23.3. The Morgan fingerprint density at radius 1 is 0.833 bits per heavy atom. The molecule has 2 aliphatic heterocycles. The van der Waals surface area contributed by atoms with Crippen LogP contribution >= 0.6 is 70.6 Å². The van der Waals surface area contributed by atoms with E-state index in [2.05, 4.69) is 37.4 Å².